The smallest absolute Gasteiger partial charge is 0.325 e. The lowest BCUT2D eigenvalue weighted by molar-refractivity contribution is -0.116. The summed E-state index contributed by atoms with van der Waals surface area (Å²) in [7, 11) is 0. The van der Waals surface area contributed by atoms with Crippen LogP contribution < -0.4 is 15.0 Å². The first kappa shape index (κ1) is 18.3. The molecule has 2 aromatic rings. The molecule has 26 heavy (non-hydrogen) atoms. The van der Waals surface area contributed by atoms with Gasteiger partial charge in [0.05, 0.1) is 6.61 Å². The van der Waals surface area contributed by atoms with Gasteiger partial charge in [-0.1, -0.05) is 22.0 Å². The van der Waals surface area contributed by atoms with Crippen molar-refractivity contribution in [3.8, 4) is 5.75 Å². The summed E-state index contributed by atoms with van der Waals surface area (Å²) in [6, 6.07) is 14.6. The van der Waals surface area contributed by atoms with E-state index in [0.717, 1.165) is 15.9 Å². The molecule has 0 aliphatic carbocycles. The Kier molecular flexibility index (Phi) is 5.78. The van der Waals surface area contributed by atoms with Gasteiger partial charge in [-0.05, 0) is 49.4 Å². The van der Waals surface area contributed by atoms with Crippen LogP contribution in [0.5, 0.6) is 5.75 Å². The summed E-state index contributed by atoms with van der Waals surface area (Å²) < 4.78 is 6.30. The van der Waals surface area contributed by atoms with Gasteiger partial charge in [0.1, 0.15) is 12.3 Å². The third-order valence-corrected chi connectivity index (χ3v) is 4.49. The number of benzene rings is 2. The van der Waals surface area contributed by atoms with Crippen molar-refractivity contribution in [2.45, 2.75) is 6.92 Å². The summed E-state index contributed by atoms with van der Waals surface area (Å²) in [5, 5.41) is 2.81. The second-order valence-electron chi connectivity index (χ2n) is 5.84. The van der Waals surface area contributed by atoms with E-state index < -0.39 is 0 Å². The molecule has 1 aliphatic heterocycles. The van der Waals surface area contributed by atoms with E-state index in [4.69, 9.17) is 4.74 Å². The third kappa shape index (κ3) is 4.35. The maximum absolute atomic E-state index is 12.6. The van der Waals surface area contributed by atoms with Crippen LogP contribution in [0.4, 0.5) is 16.2 Å². The van der Waals surface area contributed by atoms with Crippen LogP contribution in [-0.2, 0) is 4.79 Å². The normalized spacial score (nSPS) is 13.8. The molecule has 0 atom stereocenters. The second kappa shape index (κ2) is 8.23. The molecule has 1 fully saturated rings. The minimum Gasteiger partial charge on any atom is -0.494 e. The van der Waals surface area contributed by atoms with Crippen molar-refractivity contribution in [3.63, 3.8) is 0 Å². The third-order valence-electron chi connectivity index (χ3n) is 4.00. The number of nitrogens with zero attached hydrogens (tertiary/aromatic N) is 2. The Bertz CT molecular complexity index is 795. The molecule has 1 saturated heterocycles. The Hall–Kier alpha value is -2.54. The highest BCUT2D eigenvalue weighted by Gasteiger charge is 2.30. The first-order valence-electron chi connectivity index (χ1n) is 8.41. The average molecular weight is 418 g/mol. The van der Waals surface area contributed by atoms with E-state index in [0.29, 0.717) is 25.4 Å². The Morgan fingerprint density at radius 1 is 1.19 bits per heavy atom. The number of carbonyl (C=O) groups is 2. The number of carbonyl (C=O) groups excluding carboxylic acids is 2. The summed E-state index contributed by atoms with van der Waals surface area (Å²) in [5.41, 5.74) is 1.49. The lowest BCUT2D eigenvalue weighted by Gasteiger charge is -2.18. The van der Waals surface area contributed by atoms with Crippen LogP contribution in [0.1, 0.15) is 6.92 Å². The Morgan fingerprint density at radius 3 is 2.65 bits per heavy atom. The van der Waals surface area contributed by atoms with Gasteiger partial charge in [-0.25, -0.2) is 4.79 Å². The molecule has 0 bridgehead atoms. The highest BCUT2D eigenvalue weighted by Crippen LogP contribution is 2.23. The summed E-state index contributed by atoms with van der Waals surface area (Å²) in [5.74, 6) is 0.554. The number of hydrogen-bond acceptors (Lipinski definition) is 3. The number of halogens is 1. The second-order valence-corrected chi connectivity index (χ2v) is 6.76. The predicted octanol–water partition coefficient (Wildman–Crippen LogP) is 3.73. The summed E-state index contributed by atoms with van der Waals surface area (Å²) in [4.78, 5) is 28.0. The van der Waals surface area contributed by atoms with Crippen molar-refractivity contribution < 1.29 is 14.3 Å². The summed E-state index contributed by atoms with van der Waals surface area (Å²) in [6.07, 6.45) is 0. The van der Waals surface area contributed by atoms with E-state index in [2.05, 4.69) is 21.2 Å². The van der Waals surface area contributed by atoms with E-state index in [1.165, 1.54) is 0 Å². The molecular weight excluding hydrogens is 398 g/mol. The molecule has 2 aromatic carbocycles. The monoisotopic (exact) mass is 417 g/mol. The Labute approximate surface area is 160 Å². The van der Waals surface area contributed by atoms with Crippen LogP contribution in [0.3, 0.4) is 0 Å². The largest absolute Gasteiger partial charge is 0.494 e. The minimum atomic E-state index is -0.218. The molecule has 6 nitrogen and oxygen atoms in total. The van der Waals surface area contributed by atoms with Crippen molar-refractivity contribution in [1.29, 1.82) is 0 Å². The van der Waals surface area contributed by atoms with Crippen molar-refractivity contribution in [1.82, 2.24) is 4.90 Å². The molecule has 0 radical (unpaired) electrons. The van der Waals surface area contributed by atoms with Gasteiger partial charge in [0.2, 0.25) is 5.91 Å². The van der Waals surface area contributed by atoms with Gasteiger partial charge in [-0.15, -0.1) is 0 Å². The maximum atomic E-state index is 12.6. The molecule has 136 valence electrons. The van der Waals surface area contributed by atoms with Crippen LogP contribution in [0.15, 0.2) is 53.0 Å². The fraction of sp³-hybridized carbons (Fsp3) is 0.263. The molecular formula is C19H20BrN3O3. The standard InChI is InChI=1S/C19H20BrN3O3/c1-2-26-17-8-6-16(7-9-17)23-11-10-22(19(23)25)13-18(24)21-15-5-3-4-14(20)12-15/h3-9,12H,2,10-11,13H2,1H3,(H,21,24). The molecule has 1 aliphatic rings. The van der Waals surface area contributed by atoms with Crippen molar-refractivity contribution in [3.05, 3.63) is 53.0 Å². The highest BCUT2D eigenvalue weighted by molar-refractivity contribution is 9.10. The van der Waals surface area contributed by atoms with Crippen LogP contribution in [0.2, 0.25) is 0 Å². The number of ether oxygens (including phenoxy) is 1. The van der Waals surface area contributed by atoms with E-state index in [1.54, 1.807) is 15.9 Å². The van der Waals surface area contributed by atoms with Crippen LogP contribution in [0, 0.1) is 0 Å². The lowest BCUT2D eigenvalue weighted by atomic mass is 10.3. The highest BCUT2D eigenvalue weighted by atomic mass is 79.9. The van der Waals surface area contributed by atoms with Gasteiger partial charge in [0.25, 0.3) is 0 Å². The average Bonchev–Trinajstić information content (AvgIpc) is 2.96. The zero-order chi connectivity index (χ0) is 18.5. The van der Waals surface area contributed by atoms with E-state index in [9.17, 15) is 9.59 Å². The number of urea groups is 1. The van der Waals surface area contributed by atoms with Crippen LogP contribution >= 0.6 is 15.9 Å². The van der Waals surface area contributed by atoms with Gasteiger partial charge in [0, 0.05) is 28.9 Å². The summed E-state index contributed by atoms with van der Waals surface area (Å²) >= 11 is 3.37. The van der Waals surface area contributed by atoms with Gasteiger partial charge in [-0.3, -0.25) is 9.69 Å². The first-order chi connectivity index (χ1) is 12.6. The molecule has 0 spiro atoms. The van der Waals surface area contributed by atoms with E-state index in [-0.39, 0.29) is 18.5 Å². The first-order valence-corrected chi connectivity index (χ1v) is 9.21. The van der Waals surface area contributed by atoms with Gasteiger partial charge in [-0.2, -0.15) is 0 Å². The molecule has 0 unspecified atom stereocenters. The fourth-order valence-corrected chi connectivity index (χ4v) is 3.20. The number of amides is 3. The van der Waals surface area contributed by atoms with E-state index >= 15 is 0 Å². The molecule has 0 saturated carbocycles. The minimum absolute atomic E-state index is 0.0267. The Morgan fingerprint density at radius 2 is 1.96 bits per heavy atom. The van der Waals surface area contributed by atoms with Gasteiger partial charge in [0.15, 0.2) is 0 Å². The van der Waals surface area contributed by atoms with Crippen LogP contribution in [-0.4, -0.2) is 43.1 Å². The van der Waals surface area contributed by atoms with E-state index in [1.807, 2.05) is 49.4 Å². The predicted molar refractivity (Wildman–Crippen MR) is 105 cm³/mol. The molecule has 3 amide bonds. The lowest BCUT2D eigenvalue weighted by Crippen LogP contribution is -2.37. The quantitative estimate of drug-likeness (QED) is 0.778. The molecule has 0 aromatic heterocycles. The topological polar surface area (TPSA) is 61.9 Å². The number of nitrogens with one attached hydrogen (secondary N) is 1. The number of rotatable bonds is 6. The van der Waals surface area contributed by atoms with Gasteiger partial charge < -0.3 is 15.0 Å². The van der Waals surface area contributed by atoms with Crippen LogP contribution in [0.25, 0.3) is 0 Å². The SMILES string of the molecule is CCOc1ccc(N2CCN(CC(=O)Nc3cccc(Br)c3)C2=O)cc1. The summed E-state index contributed by atoms with van der Waals surface area (Å²) in [6.45, 7) is 3.62. The fourth-order valence-electron chi connectivity index (χ4n) is 2.80. The molecule has 3 rings (SSSR count). The number of anilines is 2. The maximum Gasteiger partial charge on any atom is 0.325 e. The molecule has 1 N–H and O–H groups in total. The molecule has 7 heteroatoms. The Balaban J connectivity index is 1.59. The zero-order valence-corrected chi connectivity index (χ0v) is 16.0. The van der Waals surface area contributed by atoms with Gasteiger partial charge >= 0.3 is 6.03 Å². The van der Waals surface area contributed by atoms with Crippen molar-refractivity contribution in [2.75, 3.05) is 36.5 Å². The van der Waals surface area contributed by atoms with Crippen molar-refractivity contribution >= 4 is 39.2 Å². The number of hydrogen-bond donors (Lipinski definition) is 1. The van der Waals surface area contributed by atoms with Crippen molar-refractivity contribution in [2.24, 2.45) is 0 Å². The zero-order valence-electron chi connectivity index (χ0n) is 14.4. The molecule has 1 heterocycles.